The summed E-state index contributed by atoms with van der Waals surface area (Å²) in [6.45, 7) is 20.3. The molecule has 0 aliphatic heterocycles. The van der Waals surface area contributed by atoms with Gasteiger partial charge in [0.1, 0.15) is 5.78 Å². The van der Waals surface area contributed by atoms with Crippen molar-refractivity contribution in [2.75, 3.05) is 6.61 Å². The molecule has 0 radical (unpaired) electrons. The number of carbonyl (C=O) groups is 1. The Kier molecular flexibility index (Phi) is 6.97. The smallest absolute Gasteiger partial charge is 0.191 e. The summed E-state index contributed by atoms with van der Waals surface area (Å²) < 4.78 is 6.22. The van der Waals surface area contributed by atoms with Crippen LogP contribution in [0.1, 0.15) is 54.9 Å². The molecule has 0 amide bonds. The van der Waals surface area contributed by atoms with Crippen LogP contribution in [0.3, 0.4) is 0 Å². The largest absolute Gasteiger partial charge is 0.417 e. The van der Waals surface area contributed by atoms with Gasteiger partial charge < -0.3 is 4.43 Å². The van der Waals surface area contributed by atoms with Gasteiger partial charge in [-0.15, -0.1) is 0 Å². The fourth-order valence-electron chi connectivity index (χ4n) is 1.92. The zero-order valence-corrected chi connectivity index (χ0v) is 15.5. The van der Waals surface area contributed by atoms with Gasteiger partial charge in [0.05, 0.1) is 0 Å². The van der Waals surface area contributed by atoms with E-state index >= 15 is 0 Å². The fraction of sp³-hybridized carbons (Fsp3) is 0.938. The van der Waals surface area contributed by atoms with Gasteiger partial charge in [0.2, 0.25) is 0 Å². The van der Waals surface area contributed by atoms with Crippen LogP contribution in [-0.4, -0.2) is 20.7 Å². The highest BCUT2D eigenvalue weighted by molar-refractivity contribution is 6.74. The lowest BCUT2D eigenvalue weighted by Gasteiger charge is -2.37. The Morgan fingerprint density at radius 2 is 1.58 bits per heavy atom. The second kappa shape index (κ2) is 7.03. The summed E-state index contributed by atoms with van der Waals surface area (Å²) in [7, 11) is -1.65. The van der Waals surface area contributed by atoms with E-state index < -0.39 is 8.32 Å². The maximum Gasteiger partial charge on any atom is 0.191 e. The topological polar surface area (TPSA) is 26.3 Å². The van der Waals surface area contributed by atoms with Gasteiger partial charge >= 0.3 is 0 Å². The highest BCUT2D eigenvalue weighted by atomic mass is 28.4. The molecule has 0 aromatic carbocycles. The first-order valence-corrected chi connectivity index (χ1v) is 10.5. The molecule has 0 unspecified atom stereocenters. The molecule has 2 atom stereocenters. The molecule has 0 fully saturated rings. The summed E-state index contributed by atoms with van der Waals surface area (Å²) in [6.07, 6.45) is 0.936. The molecule has 0 heterocycles. The maximum atomic E-state index is 11.9. The van der Waals surface area contributed by atoms with Gasteiger partial charge in [-0.1, -0.05) is 48.5 Å². The van der Waals surface area contributed by atoms with Gasteiger partial charge in [-0.25, -0.2) is 0 Å². The van der Waals surface area contributed by atoms with Crippen molar-refractivity contribution in [1.82, 2.24) is 0 Å². The lowest BCUT2D eigenvalue weighted by Crippen LogP contribution is -2.42. The summed E-state index contributed by atoms with van der Waals surface area (Å²) in [5.74, 6) is 1.12. The molecule has 0 saturated carbocycles. The van der Waals surface area contributed by atoms with Crippen LogP contribution in [0, 0.1) is 17.8 Å². The van der Waals surface area contributed by atoms with Crippen molar-refractivity contribution in [3.63, 3.8) is 0 Å². The van der Waals surface area contributed by atoms with Crippen LogP contribution in [0.4, 0.5) is 0 Å². The van der Waals surface area contributed by atoms with Crippen molar-refractivity contribution in [1.29, 1.82) is 0 Å². The minimum atomic E-state index is -1.65. The van der Waals surface area contributed by atoms with Crippen LogP contribution in [0.25, 0.3) is 0 Å². The third-order valence-corrected chi connectivity index (χ3v) is 8.85. The predicted octanol–water partition coefficient (Wildman–Crippen LogP) is 4.90. The molecule has 0 saturated heterocycles. The van der Waals surface area contributed by atoms with E-state index in [4.69, 9.17) is 4.43 Å². The molecule has 0 aliphatic rings. The Labute approximate surface area is 121 Å². The van der Waals surface area contributed by atoms with Crippen molar-refractivity contribution < 1.29 is 9.22 Å². The van der Waals surface area contributed by atoms with Crippen LogP contribution in [0.15, 0.2) is 0 Å². The van der Waals surface area contributed by atoms with Crippen LogP contribution < -0.4 is 0 Å². The summed E-state index contributed by atoms with van der Waals surface area (Å²) in [5.41, 5.74) is 0. The van der Waals surface area contributed by atoms with E-state index in [0.29, 0.717) is 11.7 Å². The molecular formula is C16H34O2Si. The Morgan fingerprint density at radius 3 is 1.95 bits per heavy atom. The Bertz CT molecular complexity index is 290. The molecule has 0 aromatic rings. The predicted molar refractivity (Wildman–Crippen MR) is 85.9 cm³/mol. The summed E-state index contributed by atoms with van der Waals surface area (Å²) in [5, 5.41) is 0.256. The van der Waals surface area contributed by atoms with Crippen LogP contribution in [0.5, 0.6) is 0 Å². The SMILES string of the molecule is CC(C)C(=O)[C@@H](C)C[C@@H](C)CO[Si](C)(C)C(C)(C)C. The number of hydrogen-bond acceptors (Lipinski definition) is 2. The molecule has 0 spiro atoms. The average Bonchev–Trinajstić information content (AvgIpc) is 2.23. The second-order valence-corrected chi connectivity index (χ2v) is 12.7. The molecule has 114 valence electrons. The van der Waals surface area contributed by atoms with Crippen LogP contribution in [-0.2, 0) is 9.22 Å². The van der Waals surface area contributed by atoms with E-state index in [2.05, 4.69) is 40.8 Å². The minimum absolute atomic E-state index is 0.142. The van der Waals surface area contributed by atoms with Gasteiger partial charge in [0.25, 0.3) is 0 Å². The van der Waals surface area contributed by atoms with Crippen LogP contribution in [0.2, 0.25) is 18.1 Å². The highest BCUT2D eigenvalue weighted by Crippen LogP contribution is 2.37. The monoisotopic (exact) mass is 286 g/mol. The van der Waals surface area contributed by atoms with E-state index in [1.807, 2.05) is 20.8 Å². The van der Waals surface area contributed by atoms with Crippen molar-refractivity contribution in [3.05, 3.63) is 0 Å². The first kappa shape index (κ1) is 18.8. The molecule has 0 aliphatic carbocycles. The minimum Gasteiger partial charge on any atom is -0.417 e. The highest BCUT2D eigenvalue weighted by Gasteiger charge is 2.37. The lowest BCUT2D eigenvalue weighted by atomic mass is 9.89. The molecule has 0 N–H and O–H groups in total. The van der Waals surface area contributed by atoms with Crippen LogP contribution >= 0.6 is 0 Å². The normalized spacial score (nSPS) is 16.5. The molecule has 0 rings (SSSR count). The van der Waals surface area contributed by atoms with E-state index in [1.54, 1.807) is 0 Å². The van der Waals surface area contributed by atoms with E-state index in [1.165, 1.54) is 0 Å². The van der Waals surface area contributed by atoms with E-state index in [-0.39, 0.29) is 16.9 Å². The maximum absolute atomic E-state index is 11.9. The second-order valence-electron chi connectivity index (χ2n) is 7.87. The Hall–Kier alpha value is -0.153. The molecular weight excluding hydrogens is 252 g/mol. The molecule has 2 nitrogen and oxygen atoms in total. The number of rotatable bonds is 7. The first-order chi connectivity index (χ1) is 8.38. The summed E-state index contributed by atoms with van der Waals surface area (Å²) in [4.78, 5) is 11.9. The Balaban J connectivity index is 4.27. The van der Waals surface area contributed by atoms with Gasteiger partial charge in [-0.05, 0) is 30.5 Å². The third-order valence-electron chi connectivity index (χ3n) is 4.35. The quantitative estimate of drug-likeness (QED) is 0.622. The van der Waals surface area contributed by atoms with Gasteiger partial charge in [0, 0.05) is 18.4 Å². The molecule has 19 heavy (non-hydrogen) atoms. The van der Waals surface area contributed by atoms with E-state index in [0.717, 1.165) is 13.0 Å². The van der Waals surface area contributed by atoms with Crippen molar-refractivity contribution >= 4 is 14.1 Å². The summed E-state index contributed by atoms with van der Waals surface area (Å²) >= 11 is 0. The zero-order valence-electron chi connectivity index (χ0n) is 14.5. The standard InChI is InChI=1S/C16H34O2Si/c1-12(2)15(17)14(4)10-13(3)11-18-19(8,9)16(5,6)7/h12-14H,10-11H2,1-9H3/t13-,14+/m1/s1. The zero-order chi connectivity index (χ0) is 15.4. The van der Waals surface area contributed by atoms with Crippen molar-refractivity contribution in [2.24, 2.45) is 17.8 Å². The molecule has 0 bridgehead atoms. The number of hydrogen-bond donors (Lipinski definition) is 0. The molecule has 3 heteroatoms. The van der Waals surface area contributed by atoms with Gasteiger partial charge in [0.15, 0.2) is 8.32 Å². The van der Waals surface area contributed by atoms with Crippen molar-refractivity contribution in [2.45, 2.75) is 73.0 Å². The van der Waals surface area contributed by atoms with E-state index in [9.17, 15) is 4.79 Å². The number of Topliss-reactive ketones (excluding diaryl/α,β-unsaturated/α-hetero) is 1. The fourth-order valence-corrected chi connectivity index (χ4v) is 3.06. The average molecular weight is 287 g/mol. The molecule has 0 aromatic heterocycles. The first-order valence-electron chi connectivity index (χ1n) is 7.56. The van der Waals surface area contributed by atoms with Crippen molar-refractivity contribution in [3.8, 4) is 0 Å². The Morgan fingerprint density at radius 1 is 1.11 bits per heavy atom. The van der Waals surface area contributed by atoms with Gasteiger partial charge in [-0.2, -0.15) is 0 Å². The number of ketones is 1. The summed E-state index contributed by atoms with van der Waals surface area (Å²) in [6, 6.07) is 0. The third kappa shape index (κ3) is 6.22. The number of carbonyl (C=O) groups excluding carboxylic acids is 1. The lowest BCUT2D eigenvalue weighted by molar-refractivity contribution is -0.125. The van der Waals surface area contributed by atoms with Gasteiger partial charge in [-0.3, -0.25) is 4.79 Å².